The molecule has 0 spiro atoms. The normalized spacial score (nSPS) is 14.7. The van der Waals surface area contributed by atoms with Crippen LogP contribution in [0.25, 0.3) is 0 Å². The molecule has 2 atom stereocenters. The maximum Gasteiger partial charge on any atom is 0.232 e. The summed E-state index contributed by atoms with van der Waals surface area (Å²) in [5.74, 6) is 0.977. The summed E-state index contributed by atoms with van der Waals surface area (Å²) in [4.78, 5) is 8.67. The van der Waals surface area contributed by atoms with Crippen LogP contribution in [0.5, 0.6) is 0 Å². The molecule has 0 radical (unpaired) electrons. The van der Waals surface area contributed by atoms with Crippen LogP contribution in [0.3, 0.4) is 0 Å². The third-order valence-electron chi connectivity index (χ3n) is 2.87. The SMILES string of the molecule is CCC(O)C(C)c1nc(Cc2csc(C)n2)no1. The third-order valence-corrected chi connectivity index (χ3v) is 3.70. The van der Waals surface area contributed by atoms with Gasteiger partial charge in [0.1, 0.15) is 0 Å². The van der Waals surface area contributed by atoms with Gasteiger partial charge in [0.15, 0.2) is 5.82 Å². The first kappa shape index (κ1) is 13.2. The molecular weight excluding hydrogens is 250 g/mol. The molecule has 0 aliphatic rings. The quantitative estimate of drug-likeness (QED) is 0.900. The molecule has 0 bridgehead atoms. The van der Waals surface area contributed by atoms with E-state index >= 15 is 0 Å². The minimum atomic E-state index is -0.445. The van der Waals surface area contributed by atoms with Crippen LogP contribution in [-0.2, 0) is 6.42 Å². The van der Waals surface area contributed by atoms with Gasteiger partial charge >= 0.3 is 0 Å². The van der Waals surface area contributed by atoms with Crippen LogP contribution in [0, 0.1) is 6.92 Å². The van der Waals surface area contributed by atoms with Gasteiger partial charge < -0.3 is 9.63 Å². The predicted octanol–water partition coefficient (Wildman–Crippen LogP) is 2.30. The highest BCUT2D eigenvalue weighted by molar-refractivity contribution is 7.09. The number of hydrogen-bond donors (Lipinski definition) is 1. The summed E-state index contributed by atoms with van der Waals surface area (Å²) in [5.41, 5.74) is 0.952. The fourth-order valence-electron chi connectivity index (χ4n) is 1.69. The Labute approximate surface area is 110 Å². The van der Waals surface area contributed by atoms with Crippen molar-refractivity contribution >= 4 is 11.3 Å². The maximum atomic E-state index is 9.74. The van der Waals surface area contributed by atoms with Crippen molar-refractivity contribution in [3.8, 4) is 0 Å². The van der Waals surface area contributed by atoms with E-state index in [1.54, 1.807) is 11.3 Å². The zero-order valence-electron chi connectivity index (χ0n) is 10.8. The fraction of sp³-hybridized carbons (Fsp3) is 0.583. The van der Waals surface area contributed by atoms with Gasteiger partial charge in [-0.05, 0) is 13.3 Å². The van der Waals surface area contributed by atoms with Crippen LogP contribution < -0.4 is 0 Å². The minimum Gasteiger partial charge on any atom is -0.392 e. The van der Waals surface area contributed by atoms with E-state index in [-0.39, 0.29) is 5.92 Å². The molecule has 0 saturated carbocycles. The molecule has 2 aromatic rings. The second kappa shape index (κ2) is 5.58. The summed E-state index contributed by atoms with van der Waals surface area (Å²) in [7, 11) is 0. The summed E-state index contributed by atoms with van der Waals surface area (Å²) in [6.07, 6.45) is 0.798. The van der Waals surface area contributed by atoms with Crippen LogP contribution in [0.2, 0.25) is 0 Å². The molecule has 6 heteroatoms. The van der Waals surface area contributed by atoms with Crippen molar-refractivity contribution in [1.82, 2.24) is 15.1 Å². The number of hydrogen-bond acceptors (Lipinski definition) is 6. The van der Waals surface area contributed by atoms with Gasteiger partial charge in [-0.15, -0.1) is 11.3 Å². The lowest BCUT2D eigenvalue weighted by Crippen LogP contribution is -2.14. The molecule has 0 aliphatic heterocycles. The number of aliphatic hydroxyl groups excluding tert-OH is 1. The monoisotopic (exact) mass is 267 g/mol. The Bertz CT molecular complexity index is 509. The van der Waals surface area contributed by atoms with Crippen LogP contribution in [0.1, 0.15) is 48.6 Å². The second-order valence-corrected chi connectivity index (χ2v) is 5.41. The number of aliphatic hydroxyl groups is 1. The number of aryl methyl sites for hydroxylation is 1. The largest absolute Gasteiger partial charge is 0.392 e. The van der Waals surface area contributed by atoms with Crippen molar-refractivity contribution in [2.45, 2.75) is 45.6 Å². The lowest BCUT2D eigenvalue weighted by molar-refractivity contribution is 0.129. The van der Waals surface area contributed by atoms with E-state index in [0.717, 1.165) is 10.7 Å². The van der Waals surface area contributed by atoms with Crippen LogP contribution in [0.4, 0.5) is 0 Å². The molecule has 1 N–H and O–H groups in total. The summed E-state index contributed by atoms with van der Waals surface area (Å²) < 4.78 is 5.18. The lowest BCUT2D eigenvalue weighted by atomic mass is 10.0. The van der Waals surface area contributed by atoms with E-state index < -0.39 is 6.10 Å². The van der Waals surface area contributed by atoms with Gasteiger partial charge in [-0.3, -0.25) is 0 Å². The molecule has 2 aromatic heterocycles. The Kier molecular flexibility index (Phi) is 4.08. The Morgan fingerprint density at radius 1 is 1.44 bits per heavy atom. The smallest absolute Gasteiger partial charge is 0.232 e. The van der Waals surface area contributed by atoms with Crippen LogP contribution in [0.15, 0.2) is 9.90 Å². The van der Waals surface area contributed by atoms with Gasteiger partial charge in [-0.2, -0.15) is 4.98 Å². The van der Waals surface area contributed by atoms with E-state index in [9.17, 15) is 5.11 Å². The molecule has 2 rings (SSSR count). The van der Waals surface area contributed by atoms with E-state index in [1.807, 2.05) is 26.2 Å². The van der Waals surface area contributed by atoms with Crippen molar-refractivity contribution in [1.29, 1.82) is 0 Å². The van der Waals surface area contributed by atoms with E-state index in [1.165, 1.54) is 0 Å². The molecule has 0 amide bonds. The van der Waals surface area contributed by atoms with Crippen molar-refractivity contribution in [2.75, 3.05) is 0 Å². The summed E-state index contributed by atoms with van der Waals surface area (Å²) in [5, 5.41) is 16.7. The van der Waals surface area contributed by atoms with Gasteiger partial charge in [-0.25, -0.2) is 4.98 Å². The van der Waals surface area contributed by atoms with Gasteiger partial charge in [0, 0.05) is 5.38 Å². The average Bonchev–Trinajstić information content (AvgIpc) is 2.97. The Balaban J connectivity index is 2.06. The van der Waals surface area contributed by atoms with Crippen molar-refractivity contribution in [3.63, 3.8) is 0 Å². The van der Waals surface area contributed by atoms with Crippen molar-refractivity contribution in [3.05, 3.63) is 27.8 Å². The lowest BCUT2D eigenvalue weighted by Gasteiger charge is -2.11. The zero-order chi connectivity index (χ0) is 13.1. The topological polar surface area (TPSA) is 72.0 Å². The fourth-order valence-corrected chi connectivity index (χ4v) is 2.31. The standard InChI is InChI=1S/C12H17N3O2S/c1-4-10(16)7(2)12-14-11(15-17-12)5-9-6-18-8(3)13-9/h6-7,10,16H,4-5H2,1-3H3. The van der Waals surface area contributed by atoms with Gasteiger partial charge in [-0.1, -0.05) is 19.0 Å². The molecule has 0 fully saturated rings. The summed E-state index contributed by atoms with van der Waals surface area (Å²) >= 11 is 1.61. The highest BCUT2D eigenvalue weighted by Gasteiger charge is 2.21. The number of nitrogens with zero attached hydrogens (tertiary/aromatic N) is 3. The number of aromatic nitrogens is 3. The van der Waals surface area contributed by atoms with Gasteiger partial charge in [0.25, 0.3) is 0 Å². The first-order valence-electron chi connectivity index (χ1n) is 6.01. The molecule has 18 heavy (non-hydrogen) atoms. The Hall–Kier alpha value is -1.27. The highest BCUT2D eigenvalue weighted by atomic mass is 32.1. The summed E-state index contributed by atoms with van der Waals surface area (Å²) in [6.45, 7) is 5.78. The van der Waals surface area contributed by atoms with Crippen molar-refractivity contribution in [2.24, 2.45) is 0 Å². The number of rotatable bonds is 5. The highest BCUT2D eigenvalue weighted by Crippen LogP contribution is 2.20. The molecule has 2 heterocycles. The average molecular weight is 267 g/mol. The first-order valence-corrected chi connectivity index (χ1v) is 6.89. The second-order valence-electron chi connectivity index (χ2n) is 4.35. The maximum absolute atomic E-state index is 9.74. The summed E-state index contributed by atoms with van der Waals surface area (Å²) in [6, 6.07) is 0. The zero-order valence-corrected chi connectivity index (χ0v) is 11.6. The molecule has 0 saturated heterocycles. The van der Waals surface area contributed by atoms with Gasteiger partial charge in [0.05, 0.1) is 29.1 Å². The predicted molar refractivity (Wildman–Crippen MR) is 68.7 cm³/mol. The molecule has 0 aliphatic carbocycles. The molecule has 0 aromatic carbocycles. The molecular formula is C12H17N3O2S. The van der Waals surface area contributed by atoms with E-state index in [2.05, 4.69) is 15.1 Å². The first-order chi connectivity index (χ1) is 8.60. The van der Waals surface area contributed by atoms with E-state index in [0.29, 0.717) is 24.6 Å². The molecule has 2 unspecified atom stereocenters. The number of thiazole rings is 1. The third kappa shape index (κ3) is 2.94. The van der Waals surface area contributed by atoms with E-state index in [4.69, 9.17) is 4.52 Å². The Morgan fingerprint density at radius 2 is 2.22 bits per heavy atom. The van der Waals surface area contributed by atoms with Crippen LogP contribution >= 0.6 is 11.3 Å². The minimum absolute atomic E-state index is 0.131. The van der Waals surface area contributed by atoms with Crippen molar-refractivity contribution < 1.29 is 9.63 Å². The van der Waals surface area contributed by atoms with Gasteiger partial charge in [0.2, 0.25) is 5.89 Å². The molecule has 5 nitrogen and oxygen atoms in total. The molecule has 98 valence electrons. The van der Waals surface area contributed by atoms with Crippen LogP contribution in [-0.4, -0.2) is 26.3 Å². The Morgan fingerprint density at radius 3 is 2.83 bits per heavy atom.